The second-order valence-electron chi connectivity index (χ2n) is 9.92. The molecule has 2 amide bonds. The first-order valence-electron chi connectivity index (χ1n) is 12.0. The molecule has 3 fully saturated rings. The third-order valence-corrected chi connectivity index (χ3v) is 7.37. The number of benzene rings is 1. The van der Waals surface area contributed by atoms with Gasteiger partial charge in [-0.1, -0.05) is 29.8 Å². The molecule has 6 heteroatoms. The molecule has 31 heavy (non-hydrogen) atoms. The summed E-state index contributed by atoms with van der Waals surface area (Å²) in [4.78, 5) is 30.0. The van der Waals surface area contributed by atoms with E-state index in [9.17, 15) is 9.59 Å². The number of rotatable bonds is 6. The Morgan fingerprint density at radius 3 is 2.32 bits per heavy atom. The molecule has 3 N–H and O–H groups in total. The number of likely N-dealkylation sites (tertiary alicyclic amines) is 1. The van der Waals surface area contributed by atoms with Crippen molar-refractivity contribution in [3.05, 3.63) is 35.4 Å². The summed E-state index contributed by atoms with van der Waals surface area (Å²) in [6.45, 7) is 5.28. The van der Waals surface area contributed by atoms with Crippen molar-refractivity contribution in [2.75, 3.05) is 6.54 Å². The summed E-state index contributed by atoms with van der Waals surface area (Å²) in [5.74, 6) is 0.0206. The van der Waals surface area contributed by atoms with Crippen molar-refractivity contribution < 1.29 is 9.59 Å². The number of amides is 2. The molecule has 2 atom stereocenters. The molecule has 2 aliphatic carbocycles. The number of piperidine rings is 1. The van der Waals surface area contributed by atoms with Gasteiger partial charge in [0.2, 0.25) is 11.8 Å². The van der Waals surface area contributed by atoms with Gasteiger partial charge in [0.25, 0.3) is 0 Å². The van der Waals surface area contributed by atoms with Gasteiger partial charge in [-0.3, -0.25) is 14.5 Å². The van der Waals surface area contributed by atoms with Crippen molar-refractivity contribution in [2.24, 2.45) is 5.73 Å². The first-order chi connectivity index (χ1) is 14.9. The molecular formula is C25H38N4O2. The summed E-state index contributed by atoms with van der Waals surface area (Å²) in [5.41, 5.74) is 8.62. The highest BCUT2D eigenvalue weighted by Crippen LogP contribution is 2.35. The average molecular weight is 427 g/mol. The topological polar surface area (TPSA) is 78.7 Å². The Hall–Kier alpha value is -1.92. The van der Waals surface area contributed by atoms with Crippen molar-refractivity contribution in [3.63, 3.8) is 0 Å². The fourth-order valence-corrected chi connectivity index (χ4v) is 5.30. The van der Waals surface area contributed by atoms with Gasteiger partial charge in [-0.15, -0.1) is 0 Å². The minimum atomic E-state index is -0.369. The SMILES string of the molecule is CC(=O)N1CCC(N(Cc2ccc(C)cc2)C2CC2)C[C@@H]1C(=O)NC1CCC(N)CC1. The van der Waals surface area contributed by atoms with Crippen molar-refractivity contribution in [3.8, 4) is 0 Å². The van der Waals surface area contributed by atoms with Crippen molar-refractivity contribution in [1.82, 2.24) is 15.1 Å². The number of carbonyl (C=O) groups excluding carboxylic acids is 2. The van der Waals surface area contributed by atoms with Gasteiger partial charge in [0.1, 0.15) is 6.04 Å². The molecule has 1 unspecified atom stereocenters. The Bertz CT molecular complexity index is 768. The second kappa shape index (κ2) is 9.70. The molecule has 2 saturated carbocycles. The fourth-order valence-electron chi connectivity index (χ4n) is 5.30. The summed E-state index contributed by atoms with van der Waals surface area (Å²) in [5, 5.41) is 3.25. The Kier molecular flexibility index (Phi) is 6.97. The summed E-state index contributed by atoms with van der Waals surface area (Å²) in [6, 6.07) is 9.80. The van der Waals surface area contributed by atoms with E-state index in [1.165, 1.54) is 24.0 Å². The van der Waals surface area contributed by atoms with E-state index in [1.807, 2.05) is 0 Å². The molecule has 1 aliphatic heterocycles. The fraction of sp³-hybridized carbons (Fsp3) is 0.680. The van der Waals surface area contributed by atoms with Crippen LogP contribution in [0.25, 0.3) is 0 Å². The number of carbonyl (C=O) groups is 2. The van der Waals surface area contributed by atoms with Gasteiger partial charge in [0.15, 0.2) is 0 Å². The predicted molar refractivity (Wildman–Crippen MR) is 122 cm³/mol. The van der Waals surface area contributed by atoms with Crippen LogP contribution in [0.2, 0.25) is 0 Å². The number of nitrogens with two attached hydrogens (primary N) is 1. The smallest absolute Gasteiger partial charge is 0.243 e. The molecule has 6 nitrogen and oxygen atoms in total. The van der Waals surface area contributed by atoms with E-state index >= 15 is 0 Å². The highest BCUT2D eigenvalue weighted by molar-refractivity contribution is 5.87. The lowest BCUT2D eigenvalue weighted by atomic mass is 9.90. The summed E-state index contributed by atoms with van der Waals surface area (Å²) in [7, 11) is 0. The Balaban J connectivity index is 1.44. The van der Waals surface area contributed by atoms with Crippen LogP contribution in [0.3, 0.4) is 0 Å². The Labute approximate surface area is 186 Å². The molecule has 4 rings (SSSR count). The minimum absolute atomic E-state index is 0.000716. The molecule has 3 aliphatic rings. The molecule has 0 spiro atoms. The van der Waals surface area contributed by atoms with Crippen molar-refractivity contribution in [2.45, 2.75) is 102 Å². The van der Waals surface area contributed by atoms with Gasteiger partial charge in [-0.2, -0.15) is 0 Å². The largest absolute Gasteiger partial charge is 0.352 e. The van der Waals surface area contributed by atoms with E-state index in [0.29, 0.717) is 18.6 Å². The first kappa shape index (κ1) is 22.3. The molecule has 1 saturated heterocycles. The van der Waals surface area contributed by atoms with Crippen molar-refractivity contribution >= 4 is 11.8 Å². The molecule has 170 valence electrons. The van der Waals surface area contributed by atoms with E-state index < -0.39 is 0 Å². The lowest BCUT2D eigenvalue weighted by Gasteiger charge is -2.43. The maximum Gasteiger partial charge on any atom is 0.243 e. The zero-order chi connectivity index (χ0) is 22.0. The molecule has 0 radical (unpaired) electrons. The van der Waals surface area contributed by atoms with Crippen LogP contribution in [-0.4, -0.2) is 58.4 Å². The monoisotopic (exact) mass is 426 g/mol. The van der Waals surface area contributed by atoms with Crippen LogP contribution in [0, 0.1) is 6.92 Å². The van der Waals surface area contributed by atoms with Crippen LogP contribution < -0.4 is 11.1 Å². The quantitative estimate of drug-likeness (QED) is 0.733. The third-order valence-electron chi connectivity index (χ3n) is 7.37. The van der Waals surface area contributed by atoms with Gasteiger partial charge in [-0.05, 0) is 63.9 Å². The molecule has 1 heterocycles. The Morgan fingerprint density at radius 2 is 1.71 bits per heavy atom. The van der Waals surface area contributed by atoms with E-state index in [4.69, 9.17) is 5.73 Å². The third kappa shape index (κ3) is 5.66. The lowest BCUT2D eigenvalue weighted by Crippen LogP contribution is -2.58. The van der Waals surface area contributed by atoms with Gasteiger partial charge in [0.05, 0.1) is 0 Å². The number of hydrogen-bond acceptors (Lipinski definition) is 4. The molecule has 1 aromatic carbocycles. The zero-order valence-electron chi connectivity index (χ0n) is 19.1. The lowest BCUT2D eigenvalue weighted by molar-refractivity contribution is -0.142. The first-order valence-corrected chi connectivity index (χ1v) is 12.0. The number of nitrogens with zero attached hydrogens (tertiary/aromatic N) is 2. The summed E-state index contributed by atoms with van der Waals surface area (Å²) < 4.78 is 0. The van der Waals surface area contributed by atoms with E-state index in [2.05, 4.69) is 41.4 Å². The maximum absolute atomic E-state index is 13.3. The molecule has 0 bridgehead atoms. The highest BCUT2D eigenvalue weighted by Gasteiger charge is 2.41. The van der Waals surface area contributed by atoms with E-state index in [1.54, 1.807) is 11.8 Å². The second-order valence-corrected chi connectivity index (χ2v) is 9.92. The number of hydrogen-bond donors (Lipinski definition) is 2. The van der Waals surface area contributed by atoms with Gasteiger partial charge in [0, 0.05) is 44.2 Å². The molecule has 0 aromatic heterocycles. The standard InChI is InChI=1S/C25H38N4O2/c1-17-3-5-19(6-4-17)16-29(22-11-12-22)23-13-14-28(18(2)30)24(15-23)25(31)27-21-9-7-20(26)8-10-21/h3-6,20-24H,7-16,26H2,1-2H3,(H,27,31)/t20?,21?,23?,24-/m1/s1. The Morgan fingerprint density at radius 1 is 1.03 bits per heavy atom. The zero-order valence-corrected chi connectivity index (χ0v) is 19.1. The van der Waals surface area contributed by atoms with Crippen LogP contribution in [0.5, 0.6) is 0 Å². The molecule has 1 aromatic rings. The van der Waals surface area contributed by atoms with Crippen LogP contribution in [0.15, 0.2) is 24.3 Å². The minimum Gasteiger partial charge on any atom is -0.352 e. The predicted octanol–water partition coefficient (Wildman–Crippen LogP) is 2.73. The number of aryl methyl sites for hydroxylation is 1. The van der Waals surface area contributed by atoms with Gasteiger partial charge >= 0.3 is 0 Å². The van der Waals surface area contributed by atoms with Gasteiger partial charge in [-0.25, -0.2) is 0 Å². The van der Waals surface area contributed by atoms with Crippen LogP contribution in [0.1, 0.15) is 69.4 Å². The summed E-state index contributed by atoms with van der Waals surface area (Å²) in [6.07, 6.45) is 7.91. The maximum atomic E-state index is 13.3. The summed E-state index contributed by atoms with van der Waals surface area (Å²) >= 11 is 0. The van der Waals surface area contributed by atoms with Crippen LogP contribution in [0.4, 0.5) is 0 Å². The molecular weight excluding hydrogens is 388 g/mol. The highest BCUT2D eigenvalue weighted by atomic mass is 16.2. The van der Waals surface area contributed by atoms with E-state index in [-0.39, 0.29) is 29.9 Å². The normalized spacial score (nSPS) is 29.1. The van der Waals surface area contributed by atoms with Crippen LogP contribution >= 0.6 is 0 Å². The van der Waals surface area contributed by atoms with Gasteiger partial charge < -0.3 is 16.0 Å². The number of nitrogens with one attached hydrogen (secondary N) is 1. The van der Waals surface area contributed by atoms with Crippen molar-refractivity contribution in [1.29, 1.82) is 0 Å². The van der Waals surface area contributed by atoms with Crippen LogP contribution in [-0.2, 0) is 16.1 Å². The van der Waals surface area contributed by atoms with E-state index in [0.717, 1.165) is 45.1 Å². The average Bonchev–Trinajstić information content (AvgIpc) is 3.59.